The minimum Gasteiger partial charge on any atom is -0.465 e. The highest BCUT2D eigenvalue weighted by Gasteiger charge is 2.31. The van der Waals surface area contributed by atoms with Gasteiger partial charge in [0.05, 0.1) is 19.8 Å². The summed E-state index contributed by atoms with van der Waals surface area (Å²) in [7, 11) is 0. The Labute approximate surface area is 96.1 Å². The summed E-state index contributed by atoms with van der Waals surface area (Å²) in [6.45, 7) is 3.96. The topological polar surface area (TPSA) is 67.8 Å². The first-order valence-electron chi connectivity index (χ1n) is 5.83. The van der Waals surface area contributed by atoms with Crippen molar-refractivity contribution in [3.63, 3.8) is 0 Å². The van der Waals surface area contributed by atoms with E-state index in [4.69, 9.17) is 9.47 Å². The van der Waals surface area contributed by atoms with Crippen molar-refractivity contribution >= 4 is 5.97 Å². The number of rotatable bonds is 7. The number of ether oxygens (including phenoxy) is 2. The highest BCUT2D eigenvalue weighted by molar-refractivity contribution is 5.71. The molecular weight excluding hydrogens is 210 g/mol. The van der Waals surface area contributed by atoms with Crippen molar-refractivity contribution < 1.29 is 19.4 Å². The second kappa shape index (κ2) is 6.83. The highest BCUT2D eigenvalue weighted by atomic mass is 16.5. The van der Waals surface area contributed by atoms with E-state index in [0.29, 0.717) is 32.8 Å². The maximum absolute atomic E-state index is 11.2. The standard InChI is InChI=1S/C11H21NO4/c1-2-3-5-16-10(13)7-12-8-11(14)4-6-15-9-11/h12,14H,2-9H2,1H3. The van der Waals surface area contributed by atoms with Crippen molar-refractivity contribution in [2.75, 3.05) is 32.9 Å². The lowest BCUT2D eigenvalue weighted by Crippen LogP contribution is -2.42. The van der Waals surface area contributed by atoms with Crippen LogP contribution in [0.1, 0.15) is 26.2 Å². The molecule has 1 aliphatic rings. The van der Waals surface area contributed by atoms with E-state index in [-0.39, 0.29) is 12.5 Å². The van der Waals surface area contributed by atoms with Crippen LogP contribution in [0.3, 0.4) is 0 Å². The van der Waals surface area contributed by atoms with Crippen molar-refractivity contribution in [1.29, 1.82) is 0 Å². The molecule has 0 bridgehead atoms. The Bertz CT molecular complexity index is 214. The van der Waals surface area contributed by atoms with Crippen LogP contribution in [-0.4, -0.2) is 49.6 Å². The quantitative estimate of drug-likeness (QED) is 0.479. The predicted octanol–water partition coefficient (Wildman–Crippen LogP) is 0.0707. The molecule has 1 saturated heterocycles. The van der Waals surface area contributed by atoms with Crippen LogP contribution in [0.15, 0.2) is 0 Å². The third kappa shape index (κ3) is 4.92. The Kier molecular flexibility index (Phi) is 5.73. The lowest BCUT2D eigenvalue weighted by atomic mass is 10.0. The van der Waals surface area contributed by atoms with Gasteiger partial charge in [-0.25, -0.2) is 0 Å². The van der Waals surface area contributed by atoms with Crippen molar-refractivity contribution in [3.8, 4) is 0 Å². The van der Waals surface area contributed by atoms with Crippen LogP contribution in [0, 0.1) is 0 Å². The molecule has 1 atom stereocenters. The fourth-order valence-corrected chi connectivity index (χ4v) is 1.51. The summed E-state index contributed by atoms with van der Waals surface area (Å²) in [5.41, 5.74) is -0.816. The van der Waals surface area contributed by atoms with Crippen LogP contribution in [0.4, 0.5) is 0 Å². The van der Waals surface area contributed by atoms with E-state index in [1.807, 2.05) is 6.92 Å². The summed E-state index contributed by atoms with van der Waals surface area (Å²) in [4.78, 5) is 11.2. The van der Waals surface area contributed by atoms with Gasteiger partial charge in [-0.2, -0.15) is 0 Å². The van der Waals surface area contributed by atoms with Crippen LogP contribution >= 0.6 is 0 Å². The fraction of sp³-hybridized carbons (Fsp3) is 0.909. The third-order valence-corrected chi connectivity index (χ3v) is 2.57. The van der Waals surface area contributed by atoms with Gasteiger partial charge in [-0.05, 0) is 6.42 Å². The van der Waals surface area contributed by atoms with Gasteiger partial charge >= 0.3 is 5.97 Å². The first kappa shape index (κ1) is 13.4. The Morgan fingerprint density at radius 1 is 1.62 bits per heavy atom. The number of aliphatic hydroxyl groups is 1. The molecule has 1 heterocycles. The van der Waals surface area contributed by atoms with Gasteiger partial charge in [-0.1, -0.05) is 13.3 Å². The van der Waals surface area contributed by atoms with Crippen molar-refractivity contribution in [2.45, 2.75) is 31.8 Å². The zero-order valence-corrected chi connectivity index (χ0v) is 9.83. The number of hydrogen-bond donors (Lipinski definition) is 2. The van der Waals surface area contributed by atoms with Gasteiger partial charge in [-0.15, -0.1) is 0 Å². The Morgan fingerprint density at radius 2 is 2.44 bits per heavy atom. The van der Waals surface area contributed by atoms with Gasteiger partial charge in [0.1, 0.15) is 5.60 Å². The van der Waals surface area contributed by atoms with Crippen LogP contribution < -0.4 is 5.32 Å². The smallest absolute Gasteiger partial charge is 0.319 e. The molecule has 1 fully saturated rings. The van der Waals surface area contributed by atoms with E-state index in [1.54, 1.807) is 0 Å². The number of carbonyl (C=O) groups excluding carboxylic acids is 1. The summed E-state index contributed by atoms with van der Waals surface area (Å²) in [5, 5.41) is 12.8. The Hall–Kier alpha value is -0.650. The molecule has 0 radical (unpaired) electrons. The van der Waals surface area contributed by atoms with Crippen molar-refractivity contribution in [1.82, 2.24) is 5.32 Å². The van der Waals surface area contributed by atoms with E-state index in [2.05, 4.69) is 5.32 Å². The molecule has 0 aromatic rings. The number of hydrogen-bond acceptors (Lipinski definition) is 5. The number of esters is 1. The number of nitrogens with one attached hydrogen (secondary N) is 1. The normalized spacial score (nSPS) is 24.6. The van der Waals surface area contributed by atoms with Crippen LogP contribution in [0.5, 0.6) is 0 Å². The van der Waals surface area contributed by atoms with E-state index in [1.165, 1.54) is 0 Å². The Morgan fingerprint density at radius 3 is 3.06 bits per heavy atom. The first-order valence-corrected chi connectivity index (χ1v) is 5.83. The Balaban J connectivity index is 2.03. The summed E-state index contributed by atoms with van der Waals surface area (Å²) < 4.78 is 10.1. The van der Waals surface area contributed by atoms with Gasteiger partial charge in [0.25, 0.3) is 0 Å². The molecule has 0 aliphatic carbocycles. The van der Waals surface area contributed by atoms with E-state index in [0.717, 1.165) is 12.8 Å². The zero-order valence-electron chi connectivity index (χ0n) is 9.83. The summed E-state index contributed by atoms with van der Waals surface area (Å²) >= 11 is 0. The molecule has 94 valence electrons. The summed E-state index contributed by atoms with van der Waals surface area (Å²) in [6, 6.07) is 0. The van der Waals surface area contributed by atoms with E-state index in [9.17, 15) is 9.90 Å². The molecular formula is C11H21NO4. The average Bonchev–Trinajstić information content (AvgIpc) is 2.66. The molecule has 1 rings (SSSR count). The summed E-state index contributed by atoms with van der Waals surface area (Å²) in [5.74, 6) is -0.268. The monoisotopic (exact) mass is 231 g/mol. The van der Waals surface area contributed by atoms with Gasteiger partial charge in [0.15, 0.2) is 0 Å². The second-order valence-corrected chi connectivity index (χ2v) is 4.20. The molecule has 5 nitrogen and oxygen atoms in total. The molecule has 2 N–H and O–H groups in total. The minimum atomic E-state index is -0.816. The molecule has 5 heteroatoms. The fourth-order valence-electron chi connectivity index (χ4n) is 1.51. The van der Waals surface area contributed by atoms with Crippen LogP contribution in [-0.2, 0) is 14.3 Å². The largest absolute Gasteiger partial charge is 0.465 e. The first-order chi connectivity index (χ1) is 7.66. The molecule has 1 unspecified atom stereocenters. The third-order valence-electron chi connectivity index (χ3n) is 2.57. The highest BCUT2D eigenvalue weighted by Crippen LogP contribution is 2.16. The number of unbranched alkanes of at least 4 members (excludes halogenated alkanes) is 1. The predicted molar refractivity (Wildman–Crippen MR) is 59.1 cm³/mol. The van der Waals surface area contributed by atoms with Gasteiger partial charge in [0, 0.05) is 19.6 Å². The van der Waals surface area contributed by atoms with Gasteiger partial charge < -0.3 is 19.9 Å². The average molecular weight is 231 g/mol. The minimum absolute atomic E-state index is 0.145. The zero-order chi connectivity index (χ0) is 11.9. The van der Waals surface area contributed by atoms with Crippen LogP contribution in [0.2, 0.25) is 0 Å². The van der Waals surface area contributed by atoms with E-state index >= 15 is 0 Å². The molecule has 0 aromatic carbocycles. The van der Waals surface area contributed by atoms with Gasteiger partial charge in [0.2, 0.25) is 0 Å². The molecule has 1 aliphatic heterocycles. The van der Waals surface area contributed by atoms with Crippen molar-refractivity contribution in [3.05, 3.63) is 0 Å². The molecule has 0 spiro atoms. The molecule has 16 heavy (non-hydrogen) atoms. The lowest BCUT2D eigenvalue weighted by Gasteiger charge is -2.20. The SMILES string of the molecule is CCCCOC(=O)CNCC1(O)CCOC1. The second-order valence-electron chi connectivity index (χ2n) is 4.20. The maximum Gasteiger partial charge on any atom is 0.319 e. The molecule has 0 saturated carbocycles. The molecule has 0 aromatic heterocycles. The van der Waals surface area contributed by atoms with Crippen molar-refractivity contribution in [2.24, 2.45) is 0 Å². The van der Waals surface area contributed by atoms with Gasteiger partial charge in [-0.3, -0.25) is 4.79 Å². The summed E-state index contributed by atoms with van der Waals surface area (Å²) in [6.07, 6.45) is 2.52. The molecule has 0 amide bonds. The number of carbonyl (C=O) groups is 1. The van der Waals surface area contributed by atoms with Crippen LogP contribution in [0.25, 0.3) is 0 Å². The van der Waals surface area contributed by atoms with E-state index < -0.39 is 5.60 Å². The lowest BCUT2D eigenvalue weighted by molar-refractivity contribution is -0.142. The maximum atomic E-state index is 11.2.